The quantitative estimate of drug-likeness (QED) is 0.868. The number of rotatable bonds is 3. The molecule has 112 valence electrons. The molecule has 3 rings (SSSR count). The van der Waals surface area contributed by atoms with Crippen LogP contribution in [0.3, 0.4) is 0 Å². The van der Waals surface area contributed by atoms with E-state index < -0.39 is 0 Å². The zero-order chi connectivity index (χ0) is 15.7. The molecule has 2 atom stereocenters. The van der Waals surface area contributed by atoms with Crippen molar-refractivity contribution in [3.63, 3.8) is 0 Å². The number of carbonyl (C=O) groups is 1. The summed E-state index contributed by atoms with van der Waals surface area (Å²) >= 11 is 0. The molecule has 0 saturated heterocycles. The first kappa shape index (κ1) is 14.7. The average molecular weight is 291 g/mol. The second-order valence-electron chi connectivity index (χ2n) is 6.15. The Kier molecular flexibility index (Phi) is 3.95. The molecule has 0 aliphatic heterocycles. The number of carbonyl (C=O) groups excluding carboxylic acids is 1. The molecule has 0 saturated carbocycles. The molecule has 1 aliphatic rings. The number of ketones is 1. The molecular formula is C20H21NO. The summed E-state index contributed by atoms with van der Waals surface area (Å²) in [5.41, 5.74) is 11.4. The Hall–Kier alpha value is -2.19. The van der Waals surface area contributed by atoms with E-state index in [1.54, 1.807) is 0 Å². The molecule has 0 radical (unpaired) electrons. The van der Waals surface area contributed by atoms with Crippen LogP contribution in [0.2, 0.25) is 0 Å². The Labute approximate surface area is 131 Å². The van der Waals surface area contributed by atoms with E-state index in [1.807, 2.05) is 37.3 Å². The lowest BCUT2D eigenvalue weighted by Crippen LogP contribution is -2.26. The molecular weight excluding hydrogens is 270 g/mol. The minimum absolute atomic E-state index is 0.00620. The van der Waals surface area contributed by atoms with Gasteiger partial charge in [-0.2, -0.15) is 0 Å². The topological polar surface area (TPSA) is 43.1 Å². The maximum atomic E-state index is 12.9. The van der Waals surface area contributed by atoms with Gasteiger partial charge in [0.1, 0.15) is 0 Å². The van der Waals surface area contributed by atoms with Gasteiger partial charge >= 0.3 is 0 Å². The summed E-state index contributed by atoms with van der Waals surface area (Å²) in [4.78, 5) is 12.9. The Balaban J connectivity index is 2.02. The van der Waals surface area contributed by atoms with Gasteiger partial charge in [0.25, 0.3) is 0 Å². The third-order valence-electron chi connectivity index (χ3n) is 4.46. The van der Waals surface area contributed by atoms with Crippen LogP contribution < -0.4 is 5.73 Å². The maximum absolute atomic E-state index is 12.9. The van der Waals surface area contributed by atoms with E-state index in [9.17, 15) is 4.79 Å². The zero-order valence-electron chi connectivity index (χ0n) is 13.0. The predicted molar refractivity (Wildman–Crippen MR) is 90.0 cm³/mol. The van der Waals surface area contributed by atoms with Crippen LogP contribution in [-0.4, -0.2) is 11.8 Å². The first-order valence-electron chi connectivity index (χ1n) is 7.69. The summed E-state index contributed by atoms with van der Waals surface area (Å²) in [6, 6.07) is 17.8. The molecule has 2 N–H and O–H groups in total. The summed E-state index contributed by atoms with van der Waals surface area (Å²) < 4.78 is 0. The van der Waals surface area contributed by atoms with Crippen molar-refractivity contribution in [2.24, 2.45) is 5.73 Å². The standard InChI is InChI=1S/C20H21NO/c1-13-8-10-15(11-9-13)19-17(21)12-14(2)18(19)20(22)16-6-4-3-5-7-16/h3-11,17,19H,12,21H2,1-2H3/t17-,19+/m0/s1. The molecule has 2 heteroatoms. The summed E-state index contributed by atoms with van der Waals surface area (Å²) in [6.07, 6.45) is 0.784. The molecule has 2 aromatic carbocycles. The highest BCUT2D eigenvalue weighted by Crippen LogP contribution is 2.40. The van der Waals surface area contributed by atoms with Crippen molar-refractivity contribution in [3.8, 4) is 0 Å². The van der Waals surface area contributed by atoms with Crippen molar-refractivity contribution < 1.29 is 4.79 Å². The van der Waals surface area contributed by atoms with Crippen molar-refractivity contribution in [2.75, 3.05) is 0 Å². The largest absolute Gasteiger partial charge is 0.327 e. The van der Waals surface area contributed by atoms with Crippen molar-refractivity contribution in [2.45, 2.75) is 32.2 Å². The Bertz CT molecular complexity index is 713. The third-order valence-corrected chi connectivity index (χ3v) is 4.46. The fourth-order valence-electron chi connectivity index (χ4n) is 3.33. The smallest absolute Gasteiger partial charge is 0.189 e. The highest BCUT2D eigenvalue weighted by molar-refractivity contribution is 6.10. The van der Waals surface area contributed by atoms with Gasteiger partial charge in [-0.25, -0.2) is 0 Å². The SMILES string of the molecule is CC1=C(C(=O)c2ccccc2)[C@H](c2ccc(C)cc2)[C@@H](N)C1. The van der Waals surface area contributed by atoms with E-state index in [4.69, 9.17) is 5.73 Å². The van der Waals surface area contributed by atoms with Crippen molar-refractivity contribution in [1.29, 1.82) is 0 Å². The monoisotopic (exact) mass is 291 g/mol. The number of Topliss-reactive ketones (excluding diaryl/α,β-unsaturated/α-hetero) is 1. The summed E-state index contributed by atoms with van der Waals surface area (Å²) in [5.74, 6) is 0.102. The summed E-state index contributed by atoms with van der Waals surface area (Å²) in [7, 11) is 0. The van der Waals surface area contributed by atoms with Gasteiger partial charge in [0.05, 0.1) is 0 Å². The third kappa shape index (κ3) is 2.62. The second kappa shape index (κ2) is 5.90. The van der Waals surface area contributed by atoms with Gasteiger partial charge in [-0.15, -0.1) is 0 Å². The van der Waals surface area contributed by atoms with Crippen LogP contribution in [0, 0.1) is 6.92 Å². The van der Waals surface area contributed by atoms with Crippen LogP contribution in [0.4, 0.5) is 0 Å². The van der Waals surface area contributed by atoms with Crippen molar-refractivity contribution in [1.82, 2.24) is 0 Å². The molecule has 0 bridgehead atoms. The molecule has 0 heterocycles. The first-order chi connectivity index (χ1) is 10.6. The first-order valence-corrected chi connectivity index (χ1v) is 7.69. The van der Waals surface area contributed by atoms with E-state index in [-0.39, 0.29) is 17.7 Å². The molecule has 0 fully saturated rings. The minimum atomic E-state index is -0.0228. The summed E-state index contributed by atoms with van der Waals surface area (Å²) in [5, 5.41) is 0. The van der Waals surface area contributed by atoms with Crippen LogP contribution in [-0.2, 0) is 0 Å². The average Bonchev–Trinajstić information content (AvgIpc) is 2.82. The highest BCUT2D eigenvalue weighted by atomic mass is 16.1. The maximum Gasteiger partial charge on any atom is 0.189 e. The van der Waals surface area contributed by atoms with Crippen LogP contribution in [0.25, 0.3) is 0 Å². The minimum Gasteiger partial charge on any atom is -0.327 e. The number of nitrogens with two attached hydrogens (primary N) is 1. The Morgan fingerprint density at radius 3 is 2.27 bits per heavy atom. The van der Waals surface area contributed by atoms with Crippen molar-refractivity contribution >= 4 is 5.78 Å². The number of benzene rings is 2. The van der Waals surface area contributed by atoms with Gasteiger partial charge in [0.15, 0.2) is 5.78 Å². The fourth-order valence-corrected chi connectivity index (χ4v) is 3.33. The van der Waals surface area contributed by atoms with E-state index in [0.717, 1.165) is 28.7 Å². The molecule has 0 spiro atoms. The fraction of sp³-hybridized carbons (Fsp3) is 0.250. The van der Waals surface area contributed by atoms with Crippen molar-refractivity contribution in [3.05, 3.63) is 82.4 Å². The molecule has 22 heavy (non-hydrogen) atoms. The molecule has 2 aromatic rings. The van der Waals surface area contributed by atoms with Gasteiger partial charge < -0.3 is 5.73 Å². The number of aryl methyl sites for hydroxylation is 1. The van der Waals surface area contributed by atoms with E-state index in [2.05, 4.69) is 31.2 Å². The van der Waals surface area contributed by atoms with E-state index >= 15 is 0 Å². The lowest BCUT2D eigenvalue weighted by molar-refractivity contribution is 0.102. The van der Waals surface area contributed by atoms with Gasteiger partial charge in [0.2, 0.25) is 0 Å². The Morgan fingerprint density at radius 2 is 1.64 bits per heavy atom. The van der Waals surface area contributed by atoms with E-state index in [0.29, 0.717) is 0 Å². The van der Waals surface area contributed by atoms with Gasteiger partial charge in [-0.1, -0.05) is 65.7 Å². The molecule has 1 aliphatic carbocycles. The van der Waals surface area contributed by atoms with Gasteiger partial charge in [-0.3, -0.25) is 4.79 Å². The highest BCUT2D eigenvalue weighted by Gasteiger charge is 2.35. The van der Waals surface area contributed by atoms with Crippen LogP contribution in [0.1, 0.15) is 40.7 Å². The molecule has 0 aromatic heterocycles. The van der Waals surface area contributed by atoms with Crippen LogP contribution in [0.15, 0.2) is 65.7 Å². The zero-order valence-corrected chi connectivity index (χ0v) is 13.0. The summed E-state index contributed by atoms with van der Waals surface area (Å²) in [6.45, 7) is 4.10. The Morgan fingerprint density at radius 1 is 1.00 bits per heavy atom. The number of hydrogen-bond acceptors (Lipinski definition) is 2. The molecule has 0 amide bonds. The van der Waals surface area contributed by atoms with E-state index in [1.165, 1.54) is 5.56 Å². The number of hydrogen-bond donors (Lipinski definition) is 1. The lowest BCUT2D eigenvalue weighted by Gasteiger charge is -2.20. The van der Waals surface area contributed by atoms with Gasteiger partial charge in [0, 0.05) is 23.1 Å². The molecule has 0 unspecified atom stereocenters. The normalized spacial score (nSPS) is 21.2. The molecule has 2 nitrogen and oxygen atoms in total. The predicted octanol–water partition coefficient (Wildman–Crippen LogP) is 4.01. The second-order valence-corrected chi connectivity index (χ2v) is 6.15. The lowest BCUT2D eigenvalue weighted by atomic mass is 9.85. The van der Waals surface area contributed by atoms with Gasteiger partial charge in [-0.05, 0) is 25.8 Å². The van der Waals surface area contributed by atoms with Crippen LogP contribution in [0.5, 0.6) is 0 Å². The van der Waals surface area contributed by atoms with Crippen LogP contribution >= 0.6 is 0 Å².